The van der Waals surface area contributed by atoms with Crippen molar-refractivity contribution < 1.29 is 0 Å². The van der Waals surface area contributed by atoms with E-state index in [0.717, 1.165) is 24.4 Å². The SMILES string of the molecule is NCC1(N2CCCN3CCCC3C2)CCCC(C2CC2)C1. The zero-order valence-electron chi connectivity index (χ0n) is 13.6. The number of hydrogen-bond acceptors (Lipinski definition) is 3. The van der Waals surface area contributed by atoms with Crippen LogP contribution in [-0.4, -0.2) is 54.1 Å². The summed E-state index contributed by atoms with van der Waals surface area (Å²) < 4.78 is 0. The minimum Gasteiger partial charge on any atom is -0.329 e. The molecule has 3 atom stereocenters. The zero-order valence-corrected chi connectivity index (χ0v) is 13.6. The van der Waals surface area contributed by atoms with Crippen LogP contribution in [0.2, 0.25) is 0 Å². The minimum absolute atomic E-state index is 0.351. The summed E-state index contributed by atoms with van der Waals surface area (Å²) in [5.41, 5.74) is 6.74. The fraction of sp³-hybridized carbons (Fsp3) is 1.00. The number of hydrogen-bond donors (Lipinski definition) is 1. The first-order chi connectivity index (χ1) is 10.3. The van der Waals surface area contributed by atoms with Gasteiger partial charge in [0.1, 0.15) is 0 Å². The number of nitrogens with two attached hydrogens (primary N) is 1. The van der Waals surface area contributed by atoms with E-state index in [4.69, 9.17) is 5.73 Å². The van der Waals surface area contributed by atoms with Crippen LogP contribution in [0.15, 0.2) is 0 Å². The molecule has 4 fully saturated rings. The van der Waals surface area contributed by atoms with Crippen LogP contribution in [0.4, 0.5) is 0 Å². The largest absolute Gasteiger partial charge is 0.329 e. The third-order valence-electron chi connectivity index (χ3n) is 7.00. The Balaban J connectivity index is 1.50. The lowest BCUT2D eigenvalue weighted by Gasteiger charge is -2.49. The molecule has 3 unspecified atom stereocenters. The molecule has 120 valence electrons. The van der Waals surface area contributed by atoms with Gasteiger partial charge in [-0.3, -0.25) is 9.80 Å². The second-order valence-electron chi connectivity index (χ2n) is 8.25. The molecule has 0 spiro atoms. The van der Waals surface area contributed by atoms with Crippen LogP contribution in [0.1, 0.15) is 57.8 Å². The summed E-state index contributed by atoms with van der Waals surface area (Å²) in [5.74, 6) is 2.05. The molecule has 0 bridgehead atoms. The number of fused-ring (bicyclic) bond motifs is 1. The van der Waals surface area contributed by atoms with Crippen LogP contribution in [0.3, 0.4) is 0 Å². The first-order valence-corrected chi connectivity index (χ1v) is 9.50. The molecule has 2 saturated heterocycles. The maximum absolute atomic E-state index is 6.38. The summed E-state index contributed by atoms with van der Waals surface area (Å²) >= 11 is 0. The highest BCUT2D eigenvalue weighted by atomic mass is 15.3. The second kappa shape index (κ2) is 5.82. The lowest BCUT2D eigenvalue weighted by Crippen LogP contribution is -2.58. The molecular formula is C18H33N3. The summed E-state index contributed by atoms with van der Waals surface area (Å²) in [7, 11) is 0. The molecular weight excluding hydrogens is 258 g/mol. The first kappa shape index (κ1) is 14.5. The van der Waals surface area contributed by atoms with Gasteiger partial charge in [0.05, 0.1) is 0 Å². The summed E-state index contributed by atoms with van der Waals surface area (Å²) in [6.45, 7) is 6.16. The second-order valence-corrected chi connectivity index (χ2v) is 8.25. The fourth-order valence-corrected chi connectivity index (χ4v) is 5.59. The first-order valence-electron chi connectivity index (χ1n) is 9.50. The van der Waals surface area contributed by atoms with E-state index in [1.807, 2.05) is 0 Å². The molecule has 2 heterocycles. The summed E-state index contributed by atoms with van der Waals surface area (Å²) in [6, 6.07) is 0.831. The molecule has 0 amide bonds. The van der Waals surface area contributed by atoms with Crippen LogP contribution in [0.5, 0.6) is 0 Å². The van der Waals surface area contributed by atoms with Gasteiger partial charge in [0, 0.05) is 31.2 Å². The number of rotatable bonds is 3. The maximum atomic E-state index is 6.38. The lowest BCUT2D eigenvalue weighted by atomic mass is 9.72. The third kappa shape index (κ3) is 2.77. The van der Waals surface area contributed by atoms with Gasteiger partial charge < -0.3 is 5.73 Å². The van der Waals surface area contributed by atoms with Crippen molar-refractivity contribution >= 4 is 0 Å². The van der Waals surface area contributed by atoms with Gasteiger partial charge in [-0.05, 0) is 69.9 Å². The Morgan fingerprint density at radius 1 is 0.905 bits per heavy atom. The summed E-state index contributed by atoms with van der Waals surface area (Å²) in [4.78, 5) is 5.61. The normalized spacial score (nSPS) is 42.7. The highest BCUT2D eigenvalue weighted by Gasteiger charge is 2.45. The van der Waals surface area contributed by atoms with E-state index in [2.05, 4.69) is 9.80 Å². The van der Waals surface area contributed by atoms with E-state index < -0.39 is 0 Å². The molecule has 3 nitrogen and oxygen atoms in total. The van der Waals surface area contributed by atoms with Crippen LogP contribution in [0, 0.1) is 11.8 Å². The predicted octanol–water partition coefficient (Wildman–Crippen LogP) is 2.45. The Bertz CT molecular complexity index is 367. The monoisotopic (exact) mass is 291 g/mol. The Morgan fingerprint density at radius 2 is 1.76 bits per heavy atom. The van der Waals surface area contributed by atoms with Crippen LogP contribution >= 0.6 is 0 Å². The van der Waals surface area contributed by atoms with Gasteiger partial charge in [0.2, 0.25) is 0 Å². The standard InChI is InChI=1S/C18H33N3/c19-14-18(8-1-4-16(12-18)15-6-7-15)21-11-3-10-20-9-2-5-17(20)13-21/h15-17H,1-14,19H2. The van der Waals surface area contributed by atoms with Crippen molar-refractivity contribution in [2.75, 3.05) is 32.7 Å². The highest BCUT2D eigenvalue weighted by molar-refractivity contribution is 5.02. The van der Waals surface area contributed by atoms with E-state index in [0.29, 0.717) is 5.54 Å². The van der Waals surface area contributed by atoms with Crippen molar-refractivity contribution in [2.24, 2.45) is 17.6 Å². The Kier molecular flexibility index (Phi) is 4.01. The average molecular weight is 291 g/mol. The van der Waals surface area contributed by atoms with E-state index in [9.17, 15) is 0 Å². The van der Waals surface area contributed by atoms with E-state index in [1.165, 1.54) is 84.0 Å². The van der Waals surface area contributed by atoms with Crippen molar-refractivity contribution in [3.8, 4) is 0 Å². The molecule has 4 aliphatic rings. The Morgan fingerprint density at radius 3 is 2.57 bits per heavy atom. The molecule has 4 rings (SSSR count). The molecule has 2 aliphatic carbocycles. The molecule has 0 aromatic rings. The van der Waals surface area contributed by atoms with Crippen LogP contribution < -0.4 is 5.73 Å². The van der Waals surface area contributed by atoms with Gasteiger partial charge in [-0.1, -0.05) is 12.8 Å². The number of nitrogens with zero attached hydrogens (tertiary/aromatic N) is 2. The van der Waals surface area contributed by atoms with Gasteiger partial charge in [-0.25, -0.2) is 0 Å². The molecule has 21 heavy (non-hydrogen) atoms. The quantitative estimate of drug-likeness (QED) is 0.867. The Labute approximate surface area is 130 Å². The van der Waals surface area contributed by atoms with Crippen molar-refractivity contribution in [1.82, 2.24) is 9.80 Å². The van der Waals surface area contributed by atoms with E-state index >= 15 is 0 Å². The lowest BCUT2D eigenvalue weighted by molar-refractivity contribution is 0.0262. The van der Waals surface area contributed by atoms with E-state index in [1.54, 1.807) is 0 Å². The predicted molar refractivity (Wildman–Crippen MR) is 87.3 cm³/mol. The molecule has 2 N–H and O–H groups in total. The van der Waals surface area contributed by atoms with Gasteiger partial charge in [0.25, 0.3) is 0 Å². The van der Waals surface area contributed by atoms with Gasteiger partial charge in [0.15, 0.2) is 0 Å². The van der Waals surface area contributed by atoms with E-state index in [-0.39, 0.29) is 0 Å². The molecule has 2 aliphatic heterocycles. The van der Waals surface area contributed by atoms with Crippen molar-refractivity contribution in [3.05, 3.63) is 0 Å². The van der Waals surface area contributed by atoms with Gasteiger partial charge in [-0.15, -0.1) is 0 Å². The topological polar surface area (TPSA) is 32.5 Å². The molecule has 0 aromatic heterocycles. The maximum Gasteiger partial charge on any atom is 0.0335 e. The van der Waals surface area contributed by atoms with Crippen molar-refractivity contribution in [3.63, 3.8) is 0 Å². The minimum atomic E-state index is 0.351. The van der Waals surface area contributed by atoms with Crippen molar-refractivity contribution in [1.29, 1.82) is 0 Å². The molecule has 3 heteroatoms. The molecule has 0 aromatic carbocycles. The highest BCUT2D eigenvalue weighted by Crippen LogP contribution is 2.48. The average Bonchev–Trinajstić information content (AvgIpc) is 3.31. The third-order valence-corrected chi connectivity index (χ3v) is 7.00. The Hall–Kier alpha value is -0.120. The van der Waals surface area contributed by atoms with Gasteiger partial charge in [-0.2, -0.15) is 0 Å². The summed E-state index contributed by atoms with van der Waals surface area (Å²) in [6.07, 6.45) is 12.9. The summed E-state index contributed by atoms with van der Waals surface area (Å²) in [5, 5.41) is 0. The zero-order chi connectivity index (χ0) is 14.3. The van der Waals surface area contributed by atoms with Crippen molar-refractivity contribution in [2.45, 2.75) is 69.4 Å². The molecule has 2 saturated carbocycles. The van der Waals surface area contributed by atoms with Crippen LogP contribution in [-0.2, 0) is 0 Å². The molecule has 0 radical (unpaired) electrons. The van der Waals surface area contributed by atoms with Gasteiger partial charge >= 0.3 is 0 Å². The fourth-order valence-electron chi connectivity index (χ4n) is 5.59. The van der Waals surface area contributed by atoms with Crippen LogP contribution in [0.25, 0.3) is 0 Å². The smallest absolute Gasteiger partial charge is 0.0335 e.